The van der Waals surface area contributed by atoms with Gasteiger partial charge in [0.25, 0.3) is 0 Å². The van der Waals surface area contributed by atoms with Gasteiger partial charge in [-0.25, -0.2) is 0 Å². The second-order valence-electron chi connectivity index (χ2n) is 4.13. The first-order chi connectivity index (χ1) is 7.54. The summed E-state index contributed by atoms with van der Waals surface area (Å²) in [5, 5.41) is 7.48. The molecule has 1 atom stereocenters. The Morgan fingerprint density at radius 3 is 2.75 bits per heavy atom. The third-order valence-corrected chi connectivity index (χ3v) is 2.41. The van der Waals surface area contributed by atoms with Gasteiger partial charge in [-0.2, -0.15) is 5.10 Å². The first-order valence-electron chi connectivity index (χ1n) is 5.60. The average Bonchev–Trinajstić information content (AvgIpc) is 2.65. The molecule has 0 bridgehead atoms. The van der Waals surface area contributed by atoms with Crippen molar-refractivity contribution in [2.75, 3.05) is 6.54 Å². The van der Waals surface area contributed by atoms with Gasteiger partial charge in [-0.3, -0.25) is 9.48 Å². The zero-order valence-corrected chi connectivity index (χ0v) is 10.1. The molecule has 1 rings (SSSR count). The Balaban J connectivity index is 2.79. The highest BCUT2D eigenvalue weighted by molar-refractivity contribution is 5.74. The normalized spacial score (nSPS) is 13.0. The largest absolute Gasteiger partial charge is 0.370 e. The number of hydrogen-bond acceptors (Lipinski definition) is 3. The van der Waals surface area contributed by atoms with Crippen molar-refractivity contribution in [3.05, 3.63) is 18.0 Å². The first kappa shape index (κ1) is 12.7. The van der Waals surface area contributed by atoms with Gasteiger partial charge in [0.05, 0.1) is 6.20 Å². The van der Waals surface area contributed by atoms with Crippen LogP contribution in [0.4, 0.5) is 0 Å². The number of carbonyl (C=O) groups excluding carboxylic acids is 1. The number of nitrogens with zero attached hydrogens (tertiary/aromatic N) is 2. The predicted octanol–water partition coefficient (Wildman–Crippen LogP) is 0.990. The summed E-state index contributed by atoms with van der Waals surface area (Å²) in [5.74, 6) is -0.303. The van der Waals surface area contributed by atoms with Gasteiger partial charge in [0.2, 0.25) is 5.91 Å². The summed E-state index contributed by atoms with van der Waals surface area (Å²) >= 11 is 0. The molecule has 1 unspecified atom stereocenters. The van der Waals surface area contributed by atoms with Gasteiger partial charge in [0, 0.05) is 30.3 Å². The molecule has 3 N–H and O–H groups in total. The molecule has 0 aliphatic heterocycles. The highest BCUT2D eigenvalue weighted by Crippen LogP contribution is 2.17. The summed E-state index contributed by atoms with van der Waals surface area (Å²) in [4.78, 5) is 11.0. The Kier molecular flexibility index (Phi) is 4.49. The summed E-state index contributed by atoms with van der Waals surface area (Å²) in [7, 11) is 0. The Morgan fingerprint density at radius 2 is 2.31 bits per heavy atom. The number of nitrogens with two attached hydrogens (primary N) is 1. The van der Waals surface area contributed by atoms with E-state index in [4.69, 9.17) is 5.73 Å². The Bertz CT molecular complexity index is 346. The number of carbonyl (C=O) groups is 1. The van der Waals surface area contributed by atoms with E-state index in [0.29, 0.717) is 12.5 Å². The number of nitrogens with one attached hydrogen (secondary N) is 1. The van der Waals surface area contributed by atoms with Crippen LogP contribution in [0.3, 0.4) is 0 Å². The van der Waals surface area contributed by atoms with E-state index in [9.17, 15) is 4.79 Å². The Hall–Kier alpha value is -1.36. The molecule has 1 amide bonds. The van der Waals surface area contributed by atoms with Gasteiger partial charge in [-0.1, -0.05) is 6.92 Å². The summed E-state index contributed by atoms with van der Waals surface area (Å²) in [5.41, 5.74) is 6.23. The fourth-order valence-electron chi connectivity index (χ4n) is 1.57. The number of rotatable bonds is 6. The third-order valence-electron chi connectivity index (χ3n) is 2.41. The van der Waals surface area contributed by atoms with E-state index in [0.717, 1.165) is 12.1 Å². The van der Waals surface area contributed by atoms with Crippen LogP contribution in [0.2, 0.25) is 0 Å². The molecule has 0 fully saturated rings. The predicted molar refractivity (Wildman–Crippen MR) is 62.8 cm³/mol. The summed E-state index contributed by atoms with van der Waals surface area (Å²) in [6.07, 6.45) is 4.05. The number of hydrogen-bond donors (Lipinski definition) is 2. The zero-order chi connectivity index (χ0) is 12.1. The van der Waals surface area contributed by atoms with Crippen LogP contribution in [-0.4, -0.2) is 22.2 Å². The van der Waals surface area contributed by atoms with E-state index >= 15 is 0 Å². The molecule has 0 aliphatic rings. The van der Waals surface area contributed by atoms with Crippen molar-refractivity contribution in [3.63, 3.8) is 0 Å². The van der Waals surface area contributed by atoms with Gasteiger partial charge in [-0.15, -0.1) is 0 Å². The maximum Gasteiger partial charge on any atom is 0.219 e. The maximum atomic E-state index is 11.0. The number of amides is 1. The molecule has 0 saturated heterocycles. The van der Waals surface area contributed by atoms with Crippen molar-refractivity contribution in [3.8, 4) is 0 Å². The lowest BCUT2D eigenvalue weighted by Gasteiger charge is -2.14. The number of aromatic nitrogens is 2. The minimum absolute atomic E-state index is 0.0324. The van der Waals surface area contributed by atoms with Crippen molar-refractivity contribution in [1.29, 1.82) is 0 Å². The topological polar surface area (TPSA) is 72.9 Å². The molecule has 0 aromatic carbocycles. The molecule has 0 saturated carbocycles. The average molecular weight is 224 g/mol. The second kappa shape index (κ2) is 5.65. The van der Waals surface area contributed by atoms with Crippen LogP contribution in [-0.2, 0) is 4.79 Å². The summed E-state index contributed by atoms with van der Waals surface area (Å²) < 4.78 is 1.88. The van der Waals surface area contributed by atoms with Crippen LogP contribution >= 0.6 is 0 Å². The van der Waals surface area contributed by atoms with E-state index in [1.165, 1.54) is 0 Å². The van der Waals surface area contributed by atoms with Crippen LogP contribution in [0.15, 0.2) is 12.4 Å². The number of primary amides is 1. The fraction of sp³-hybridized carbons (Fsp3) is 0.636. The van der Waals surface area contributed by atoms with Crippen LogP contribution in [0, 0.1) is 0 Å². The molecular weight excluding hydrogens is 204 g/mol. The second-order valence-corrected chi connectivity index (χ2v) is 4.13. The smallest absolute Gasteiger partial charge is 0.219 e. The van der Waals surface area contributed by atoms with Crippen LogP contribution in [0.25, 0.3) is 0 Å². The van der Waals surface area contributed by atoms with E-state index in [1.54, 1.807) is 6.20 Å². The zero-order valence-electron chi connectivity index (χ0n) is 10.1. The third kappa shape index (κ3) is 3.34. The van der Waals surface area contributed by atoms with E-state index < -0.39 is 0 Å². The van der Waals surface area contributed by atoms with Crippen LogP contribution in [0.1, 0.15) is 44.8 Å². The fourth-order valence-corrected chi connectivity index (χ4v) is 1.57. The molecular formula is C11H20N4O. The Labute approximate surface area is 96.0 Å². The minimum atomic E-state index is -0.303. The summed E-state index contributed by atoms with van der Waals surface area (Å²) in [6, 6.07) is 0.291. The summed E-state index contributed by atoms with van der Waals surface area (Å²) in [6.45, 7) is 6.92. The van der Waals surface area contributed by atoms with Crippen molar-refractivity contribution < 1.29 is 4.79 Å². The SMILES string of the molecule is CCNC(CC(N)=O)c1cnn(C(C)C)c1. The monoisotopic (exact) mass is 224 g/mol. The molecule has 0 spiro atoms. The Morgan fingerprint density at radius 1 is 1.62 bits per heavy atom. The molecule has 1 aromatic heterocycles. The lowest BCUT2D eigenvalue weighted by Crippen LogP contribution is -2.26. The highest BCUT2D eigenvalue weighted by Gasteiger charge is 2.15. The highest BCUT2D eigenvalue weighted by atomic mass is 16.1. The van der Waals surface area contributed by atoms with E-state index in [2.05, 4.69) is 24.3 Å². The molecule has 5 nitrogen and oxygen atoms in total. The van der Waals surface area contributed by atoms with Crippen molar-refractivity contribution in [2.45, 2.75) is 39.3 Å². The molecule has 1 aromatic rings. The maximum absolute atomic E-state index is 11.0. The van der Waals surface area contributed by atoms with Crippen LogP contribution in [0.5, 0.6) is 0 Å². The van der Waals surface area contributed by atoms with Crippen molar-refractivity contribution in [2.24, 2.45) is 5.73 Å². The van der Waals surface area contributed by atoms with Gasteiger partial charge in [0.15, 0.2) is 0 Å². The van der Waals surface area contributed by atoms with E-state index in [-0.39, 0.29) is 11.9 Å². The lowest BCUT2D eigenvalue weighted by molar-refractivity contribution is -0.118. The van der Waals surface area contributed by atoms with Crippen LogP contribution < -0.4 is 11.1 Å². The van der Waals surface area contributed by atoms with Gasteiger partial charge in [-0.05, 0) is 20.4 Å². The quantitative estimate of drug-likeness (QED) is 0.756. The van der Waals surface area contributed by atoms with Gasteiger partial charge >= 0.3 is 0 Å². The van der Waals surface area contributed by atoms with Crippen molar-refractivity contribution in [1.82, 2.24) is 15.1 Å². The molecule has 16 heavy (non-hydrogen) atoms. The van der Waals surface area contributed by atoms with Gasteiger partial charge in [0.1, 0.15) is 0 Å². The molecule has 5 heteroatoms. The molecule has 90 valence electrons. The lowest BCUT2D eigenvalue weighted by atomic mass is 10.1. The van der Waals surface area contributed by atoms with Crippen molar-refractivity contribution >= 4 is 5.91 Å². The molecule has 0 aliphatic carbocycles. The van der Waals surface area contributed by atoms with Gasteiger partial charge < -0.3 is 11.1 Å². The molecule has 0 radical (unpaired) electrons. The first-order valence-corrected chi connectivity index (χ1v) is 5.60. The minimum Gasteiger partial charge on any atom is -0.370 e. The van der Waals surface area contributed by atoms with E-state index in [1.807, 2.05) is 17.8 Å². The standard InChI is InChI=1S/C11H20N4O/c1-4-13-10(5-11(12)16)9-6-14-15(7-9)8(2)3/h6-8,10,13H,4-5H2,1-3H3,(H2,12,16). The molecule has 1 heterocycles.